The van der Waals surface area contributed by atoms with E-state index in [-0.39, 0.29) is 30.2 Å². The number of nitrogens with one attached hydrogen (secondary N) is 1. The summed E-state index contributed by atoms with van der Waals surface area (Å²) in [6, 6.07) is 10.3. The van der Waals surface area contributed by atoms with E-state index in [4.69, 9.17) is 4.74 Å². The number of phenolic OH excluding ortho intramolecular Hbond substituents is 1. The van der Waals surface area contributed by atoms with Crippen LogP contribution in [-0.4, -0.2) is 35.5 Å². The molecule has 1 atom stereocenters. The first kappa shape index (κ1) is 18.2. The minimum atomic E-state index is -0.645. The minimum absolute atomic E-state index is 0.0333. The molecule has 140 valence electrons. The Morgan fingerprint density at radius 1 is 1.30 bits per heavy atom. The number of amides is 2. The van der Waals surface area contributed by atoms with Crippen LogP contribution in [0.3, 0.4) is 0 Å². The van der Waals surface area contributed by atoms with E-state index < -0.39 is 22.5 Å². The largest absolute Gasteiger partial charge is 0.506 e. The van der Waals surface area contributed by atoms with Gasteiger partial charge in [-0.05, 0) is 30.3 Å². The number of hydrogen-bond acceptors (Lipinski definition) is 6. The molecule has 0 radical (unpaired) electrons. The Labute approximate surface area is 154 Å². The zero-order chi connectivity index (χ0) is 19.6. The van der Waals surface area contributed by atoms with E-state index >= 15 is 0 Å². The van der Waals surface area contributed by atoms with Crippen LogP contribution in [0.15, 0.2) is 42.5 Å². The number of carbonyl (C=O) groups excluding carboxylic acids is 2. The Morgan fingerprint density at radius 3 is 2.59 bits per heavy atom. The van der Waals surface area contributed by atoms with Gasteiger partial charge in [-0.15, -0.1) is 0 Å². The van der Waals surface area contributed by atoms with Crippen LogP contribution in [0.25, 0.3) is 0 Å². The second kappa shape index (κ2) is 7.32. The lowest BCUT2D eigenvalue weighted by Crippen LogP contribution is -2.28. The molecule has 2 aromatic carbocycles. The molecule has 1 fully saturated rings. The molecule has 1 aliphatic heterocycles. The monoisotopic (exact) mass is 371 g/mol. The fourth-order valence-electron chi connectivity index (χ4n) is 2.87. The van der Waals surface area contributed by atoms with E-state index in [9.17, 15) is 24.8 Å². The number of hydrogen-bond donors (Lipinski definition) is 2. The average molecular weight is 371 g/mol. The topological polar surface area (TPSA) is 122 Å². The summed E-state index contributed by atoms with van der Waals surface area (Å²) >= 11 is 0. The van der Waals surface area contributed by atoms with E-state index in [2.05, 4.69) is 5.32 Å². The number of carbonyl (C=O) groups is 2. The fourth-order valence-corrected chi connectivity index (χ4v) is 2.87. The summed E-state index contributed by atoms with van der Waals surface area (Å²) in [6.45, 7) is 0.199. The van der Waals surface area contributed by atoms with Gasteiger partial charge in [0.05, 0.1) is 29.7 Å². The molecule has 1 aliphatic rings. The summed E-state index contributed by atoms with van der Waals surface area (Å²) in [7, 11) is 1.55. The third-order valence-electron chi connectivity index (χ3n) is 4.33. The molecule has 1 heterocycles. The molecule has 3 rings (SSSR count). The van der Waals surface area contributed by atoms with Gasteiger partial charge in [0.1, 0.15) is 11.5 Å². The second-order valence-corrected chi connectivity index (χ2v) is 6.05. The molecule has 2 amide bonds. The molecule has 0 spiro atoms. The standard InChI is InChI=1S/C18H17N3O6/c1-27-14-5-2-12(3-6-14)20-10-11(8-17(20)23)18(24)19-15-7-4-13(21(25)26)9-16(15)22/h2-7,9,11,22H,8,10H2,1H3,(H,19,24). The highest BCUT2D eigenvalue weighted by Gasteiger charge is 2.35. The highest BCUT2D eigenvalue weighted by Crippen LogP contribution is 2.31. The predicted octanol–water partition coefficient (Wildman–Crippen LogP) is 2.30. The Hall–Kier alpha value is -3.62. The minimum Gasteiger partial charge on any atom is -0.506 e. The molecule has 2 aromatic rings. The number of anilines is 2. The number of ether oxygens (including phenoxy) is 1. The zero-order valence-electron chi connectivity index (χ0n) is 14.4. The van der Waals surface area contributed by atoms with Crippen molar-refractivity contribution in [2.45, 2.75) is 6.42 Å². The Morgan fingerprint density at radius 2 is 2.00 bits per heavy atom. The summed E-state index contributed by atoms with van der Waals surface area (Å²) in [5.41, 5.74) is 0.433. The van der Waals surface area contributed by atoms with Gasteiger partial charge in [0.25, 0.3) is 5.69 Å². The van der Waals surface area contributed by atoms with Gasteiger partial charge >= 0.3 is 0 Å². The van der Waals surface area contributed by atoms with Gasteiger partial charge in [0.2, 0.25) is 11.8 Å². The molecule has 0 aromatic heterocycles. The van der Waals surface area contributed by atoms with E-state index in [1.54, 1.807) is 31.4 Å². The summed E-state index contributed by atoms with van der Waals surface area (Å²) < 4.78 is 5.09. The van der Waals surface area contributed by atoms with Crippen molar-refractivity contribution in [2.75, 3.05) is 23.9 Å². The second-order valence-electron chi connectivity index (χ2n) is 6.05. The first-order chi connectivity index (χ1) is 12.9. The van der Waals surface area contributed by atoms with Crippen molar-refractivity contribution in [1.29, 1.82) is 0 Å². The SMILES string of the molecule is COc1ccc(N2CC(C(=O)Nc3ccc([N+](=O)[O-])cc3O)CC2=O)cc1. The van der Waals surface area contributed by atoms with Gasteiger partial charge in [-0.25, -0.2) is 0 Å². The Kier molecular flexibility index (Phi) is 4.93. The van der Waals surface area contributed by atoms with Crippen LogP contribution in [0.1, 0.15) is 6.42 Å². The molecule has 0 aliphatic carbocycles. The first-order valence-corrected chi connectivity index (χ1v) is 8.11. The maximum atomic E-state index is 12.5. The summed E-state index contributed by atoms with van der Waals surface area (Å²) in [4.78, 5) is 36.3. The summed E-state index contributed by atoms with van der Waals surface area (Å²) in [5, 5.41) is 23.1. The van der Waals surface area contributed by atoms with E-state index in [0.717, 1.165) is 6.07 Å². The normalized spacial score (nSPS) is 16.3. The highest BCUT2D eigenvalue weighted by atomic mass is 16.6. The maximum Gasteiger partial charge on any atom is 0.273 e. The number of methoxy groups -OCH3 is 1. The van der Waals surface area contributed by atoms with Crippen molar-refractivity contribution in [1.82, 2.24) is 0 Å². The van der Waals surface area contributed by atoms with Gasteiger partial charge in [-0.2, -0.15) is 0 Å². The number of aromatic hydroxyl groups is 1. The number of phenols is 1. The summed E-state index contributed by atoms with van der Waals surface area (Å²) in [5.74, 6) is -0.979. The fraction of sp³-hybridized carbons (Fsp3) is 0.222. The Bertz CT molecular complexity index is 896. The Balaban J connectivity index is 1.69. The molecular formula is C18H17N3O6. The number of non-ortho nitro benzene ring substituents is 1. The zero-order valence-corrected chi connectivity index (χ0v) is 14.4. The molecule has 1 saturated heterocycles. The van der Waals surface area contributed by atoms with Crippen LogP contribution < -0.4 is 15.0 Å². The number of benzene rings is 2. The highest BCUT2D eigenvalue weighted by molar-refractivity contribution is 6.04. The van der Waals surface area contributed by atoms with Crippen LogP contribution >= 0.6 is 0 Å². The molecule has 1 unspecified atom stereocenters. The lowest BCUT2D eigenvalue weighted by molar-refractivity contribution is -0.384. The molecule has 2 N–H and O–H groups in total. The first-order valence-electron chi connectivity index (χ1n) is 8.11. The van der Waals surface area contributed by atoms with Gasteiger partial charge < -0.3 is 20.1 Å². The summed E-state index contributed by atoms with van der Waals surface area (Å²) in [6.07, 6.45) is 0.0333. The predicted molar refractivity (Wildman–Crippen MR) is 96.8 cm³/mol. The lowest BCUT2D eigenvalue weighted by Gasteiger charge is -2.17. The van der Waals surface area contributed by atoms with Crippen LogP contribution in [-0.2, 0) is 9.59 Å². The van der Waals surface area contributed by atoms with Crippen LogP contribution in [0.4, 0.5) is 17.1 Å². The van der Waals surface area contributed by atoms with Crippen molar-refractivity contribution in [2.24, 2.45) is 5.92 Å². The maximum absolute atomic E-state index is 12.5. The number of nitro groups is 1. The molecule has 0 bridgehead atoms. The number of nitrogens with zero attached hydrogens (tertiary/aromatic N) is 2. The van der Waals surface area contributed by atoms with Crippen LogP contribution in [0.5, 0.6) is 11.5 Å². The lowest BCUT2D eigenvalue weighted by atomic mass is 10.1. The molecular weight excluding hydrogens is 354 g/mol. The van der Waals surface area contributed by atoms with Crippen LogP contribution in [0.2, 0.25) is 0 Å². The third kappa shape index (κ3) is 3.81. The third-order valence-corrected chi connectivity index (χ3v) is 4.33. The van der Waals surface area contributed by atoms with Crippen molar-refractivity contribution < 1.29 is 24.4 Å². The van der Waals surface area contributed by atoms with E-state index in [0.29, 0.717) is 11.4 Å². The van der Waals surface area contributed by atoms with E-state index in [1.807, 2.05) is 0 Å². The van der Waals surface area contributed by atoms with Crippen molar-refractivity contribution >= 4 is 28.9 Å². The average Bonchev–Trinajstić information content (AvgIpc) is 3.05. The molecule has 27 heavy (non-hydrogen) atoms. The molecule has 0 saturated carbocycles. The van der Waals surface area contributed by atoms with Crippen molar-refractivity contribution in [3.05, 3.63) is 52.6 Å². The smallest absolute Gasteiger partial charge is 0.273 e. The molecule has 9 heteroatoms. The van der Waals surface area contributed by atoms with Gasteiger partial charge in [-0.3, -0.25) is 19.7 Å². The van der Waals surface area contributed by atoms with E-state index in [1.165, 1.54) is 17.0 Å². The van der Waals surface area contributed by atoms with Crippen LogP contribution in [0, 0.1) is 16.0 Å². The number of nitro benzene ring substituents is 1. The van der Waals surface area contributed by atoms with Gasteiger partial charge in [-0.1, -0.05) is 0 Å². The van der Waals surface area contributed by atoms with Gasteiger partial charge in [0, 0.05) is 24.7 Å². The van der Waals surface area contributed by atoms with Crippen molar-refractivity contribution in [3.63, 3.8) is 0 Å². The van der Waals surface area contributed by atoms with Gasteiger partial charge in [0.15, 0.2) is 0 Å². The van der Waals surface area contributed by atoms with Crippen molar-refractivity contribution in [3.8, 4) is 11.5 Å². The quantitative estimate of drug-likeness (QED) is 0.472. The number of rotatable bonds is 5. The molecule has 9 nitrogen and oxygen atoms in total.